The van der Waals surface area contributed by atoms with Gasteiger partial charge in [-0.05, 0) is 74.9 Å². The van der Waals surface area contributed by atoms with Gasteiger partial charge in [0.25, 0.3) is 0 Å². The van der Waals surface area contributed by atoms with Crippen LogP contribution in [0.3, 0.4) is 0 Å². The smallest absolute Gasteiger partial charge is 0.411 e. The van der Waals surface area contributed by atoms with Crippen LogP contribution in [0.25, 0.3) is 0 Å². The molecule has 1 heterocycles. The quantitative estimate of drug-likeness (QED) is 0.609. The maximum atomic E-state index is 12.2. The molecule has 0 radical (unpaired) electrons. The molecule has 0 aliphatic carbocycles. The second kappa shape index (κ2) is 10.1. The number of likely N-dealkylation sites (tertiary alicyclic amines) is 1. The highest BCUT2D eigenvalue weighted by atomic mass is 35.5. The van der Waals surface area contributed by atoms with Crippen LogP contribution in [0.1, 0.15) is 50.7 Å². The van der Waals surface area contributed by atoms with Crippen LogP contribution in [-0.4, -0.2) is 35.8 Å². The SMILES string of the molecule is CC(C)(C)OC(=O)N1CCC(c2ccc(NC(=O)OCc3ccc(Cl)cc3)cc2)CC1. The van der Waals surface area contributed by atoms with E-state index in [9.17, 15) is 9.59 Å². The molecule has 31 heavy (non-hydrogen) atoms. The highest BCUT2D eigenvalue weighted by Gasteiger charge is 2.27. The zero-order valence-corrected chi connectivity index (χ0v) is 18.9. The Labute approximate surface area is 188 Å². The normalized spacial score (nSPS) is 14.8. The molecule has 0 bridgehead atoms. The van der Waals surface area contributed by atoms with Gasteiger partial charge in [-0.2, -0.15) is 0 Å². The Morgan fingerprint density at radius 2 is 1.65 bits per heavy atom. The molecule has 1 fully saturated rings. The molecule has 2 amide bonds. The molecule has 0 unspecified atom stereocenters. The van der Waals surface area contributed by atoms with E-state index in [1.54, 1.807) is 17.0 Å². The topological polar surface area (TPSA) is 67.9 Å². The van der Waals surface area contributed by atoms with E-state index in [-0.39, 0.29) is 12.7 Å². The van der Waals surface area contributed by atoms with Crippen LogP contribution in [0.5, 0.6) is 0 Å². The van der Waals surface area contributed by atoms with Gasteiger partial charge in [-0.25, -0.2) is 9.59 Å². The maximum Gasteiger partial charge on any atom is 0.411 e. The molecule has 2 aromatic carbocycles. The fourth-order valence-corrected chi connectivity index (χ4v) is 3.57. The number of halogens is 1. The average molecular weight is 445 g/mol. The lowest BCUT2D eigenvalue weighted by molar-refractivity contribution is 0.0205. The van der Waals surface area contributed by atoms with Gasteiger partial charge in [0.15, 0.2) is 0 Å². The molecular weight excluding hydrogens is 416 g/mol. The van der Waals surface area contributed by atoms with Crippen LogP contribution < -0.4 is 5.32 Å². The second-order valence-corrected chi connectivity index (χ2v) is 9.13. The number of ether oxygens (including phenoxy) is 2. The zero-order valence-electron chi connectivity index (χ0n) is 18.2. The fourth-order valence-electron chi connectivity index (χ4n) is 3.44. The van der Waals surface area contributed by atoms with E-state index in [0.717, 1.165) is 18.4 Å². The van der Waals surface area contributed by atoms with Crippen molar-refractivity contribution >= 4 is 29.5 Å². The molecular formula is C24H29ClN2O4. The third-order valence-electron chi connectivity index (χ3n) is 5.06. The van der Waals surface area contributed by atoms with E-state index in [0.29, 0.717) is 29.7 Å². The number of carbonyl (C=O) groups is 2. The molecule has 2 aromatic rings. The molecule has 0 spiro atoms. The van der Waals surface area contributed by atoms with Gasteiger partial charge in [-0.3, -0.25) is 5.32 Å². The number of amides is 2. The van der Waals surface area contributed by atoms with Crippen molar-refractivity contribution < 1.29 is 19.1 Å². The summed E-state index contributed by atoms with van der Waals surface area (Å²) in [5.41, 5.74) is 2.26. The average Bonchev–Trinajstić information content (AvgIpc) is 2.73. The van der Waals surface area contributed by atoms with Crippen molar-refractivity contribution in [1.82, 2.24) is 4.90 Å². The Morgan fingerprint density at radius 1 is 1.03 bits per heavy atom. The lowest BCUT2D eigenvalue weighted by Crippen LogP contribution is -2.41. The van der Waals surface area contributed by atoms with E-state index >= 15 is 0 Å². The number of carbonyl (C=O) groups excluding carboxylic acids is 2. The van der Waals surface area contributed by atoms with Gasteiger partial charge in [-0.15, -0.1) is 0 Å². The second-order valence-electron chi connectivity index (χ2n) is 8.69. The molecule has 7 heteroatoms. The molecule has 3 rings (SSSR count). The predicted molar refractivity (Wildman–Crippen MR) is 121 cm³/mol. The molecule has 1 saturated heterocycles. The Morgan fingerprint density at radius 3 is 2.23 bits per heavy atom. The first-order valence-corrected chi connectivity index (χ1v) is 10.8. The predicted octanol–water partition coefficient (Wildman–Crippen LogP) is 6.20. The molecule has 1 aliphatic rings. The largest absolute Gasteiger partial charge is 0.444 e. The first-order chi connectivity index (χ1) is 14.7. The Kier molecular flexibility index (Phi) is 7.44. The van der Waals surface area contributed by atoms with E-state index in [1.807, 2.05) is 57.2 Å². The standard InChI is InChI=1S/C24H29ClN2O4/c1-24(2,3)31-23(29)27-14-12-19(13-15-27)18-6-10-21(11-7-18)26-22(28)30-16-17-4-8-20(25)9-5-17/h4-11,19H,12-16H2,1-3H3,(H,26,28). The summed E-state index contributed by atoms with van der Waals surface area (Å²) in [5.74, 6) is 0.379. The number of hydrogen-bond acceptors (Lipinski definition) is 4. The minimum Gasteiger partial charge on any atom is -0.444 e. The monoisotopic (exact) mass is 444 g/mol. The van der Waals surface area contributed by atoms with Crippen LogP contribution in [0.2, 0.25) is 5.02 Å². The van der Waals surface area contributed by atoms with Gasteiger partial charge >= 0.3 is 12.2 Å². The van der Waals surface area contributed by atoms with Crippen molar-refractivity contribution in [3.05, 3.63) is 64.7 Å². The van der Waals surface area contributed by atoms with Crippen molar-refractivity contribution in [3.63, 3.8) is 0 Å². The van der Waals surface area contributed by atoms with E-state index < -0.39 is 11.7 Å². The lowest BCUT2D eigenvalue weighted by Gasteiger charge is -2.33. The van der Waals surface area contributed by atoms with Crippen LogP contribution in [0.15, 0.2) is 48.5 Å². The van der Waals surface area contributed by atoms with Gasteiger partial charge < -0.3 is 14.4 Å². The van der Waals surface area contributed by atoms with Gasteiger partial charge in [-0.1, -0.05) is 35.9 Å². The molecule has 1 aliphatic heterocycles. The van der Waals surface area contributed by atoms with Gasteiger partial charge in [0.05, 0.1) is 0 Å². The highest BCUT2D eigenvalue weighted by Crippen LogP contribution is 2.29. The van der Waals surface area contributed by atoms with Crippen molar-refractivity contribution in [2.75, 3.05) is 18.4 Å². The van der Waals surface area contributed by atoms with Crippen molar-refractivity contribution in [2.45, 2.75) is 51.7 Å². The zero-order chi connectivity index (χ0) is 22.4. The third-order valence-corrected chi connectivity index (χ3v) is 5.31. The van der Waals surface area contributed by atoms with E-state index in [1.165, 1.54) is 5.56 Å². The molecule has 0 atom stereocenters. The number of rotatable bonds is 4. The first-order valence-electron chi connectivity index (χ1n) is 10.5. The first kappa shape index (κ1) is 22.9. The summed E-state index contributed by atoms with van der Waals surface area (Å²) in [4.78, 5) is 26.0. The summed E-state index contributed by atoms with van der Waals surface area (Å²) < 4.78 is 10.7. The van der Waals surface area contributed by atoms with E-state index in [2.05, 4.69) is 5.32 Å². The fraction of sp³-hybridized carbons (Fsp3) is 0.417. The summed E-state index contributed by atoms with van der Waals surface area (Å²) in [6.45, 7) is 7.16. The molecule has 166 valence electrons. The number of hydrogen-bond donors (Lipinski definition) is 1. The van der Waals surface area contributed by atoms with Crippen LogP contribution in [0, 0.1) is 0 Å². The van der Waals surface area contributed by atoms with Crippen molar-refractivity contribution in [3.8, 4) is 0 Å². The summed E-state index contributed by atoms with van der Waals surface area (Å²) in [5, 5.41) is 3.38. The molecule has 0 saturated carbocycles. The minimum absolute atomic E-state index is 0.178. The summed E-state index contributed by atoms with van der Waals surface area (Å²) >= 11 is 5.85. The van der Waals surface area contributed by atoms with Gasteiger partial charge in [0, 0.05) is 23.8 Å². The summed E-state index contributed by atoms with van der Waals surface area (Å²) in [6, 6.07) is 14.9. The van der Waals surface area contributed by atoms with E-state index in [4.69, 9.17) is 21.1 Å². The number of benzene rings is 2. The van der Waals surface area contributed by atoms with Crippen LogP contribution in [0.4, 0.5) is 15.3 Å². The number of nitrogens with one attached hydrogen (secondary N) is 1. The summed E-state index contributed by atoms with van der Waals surface area (Å²) in [6.07, 6.45) is 1.01. The Bertz CT molecular complexity index is 883. The highest BCUT2D eigenvalue weighted by molar-refractivity contribution is 6.30. The van der Waals surface area contributed by atoms with Gasteiger partial charge in [0.1, 0.15) is 12.2 Å². The van der Waals surface area contributed by atoms with Gasteiger partial charge in [0.2, 0.25) is 0 Å². The molecule has 1 N–H and O–H groups in total. The lowest BCUT2D eigenvalue weighted by atomic mass is 9.89. The number of piperidine rings is 1. The molecule has 6 nitrogen and oxygen atoms in total. The summed E-state index contributed by atoms with van der Waals surface area (Å²) in [7, 11) is 0. The molecule has 0 aromatic heterocycles. The third kappa shape index (κ3) is 7.17. The van der Waals surface area contributed by atoms with Crippen LogP contribution in [-0.2, 0) is 16.1 Å². The maximum absolute atomic E-state index is 12.2. The Balaban J connectivity index is 1.45. The number of nitrogens with zero attached hydrogens (tertiary/aromatic N) is 1. The number of anilines is 1. The van der Waals surface area contributed by atoms with Crippen molar-refractivity contribution in [1.29, 1.82) is 0 Å². The van der Waals surface area contributed by atoms with Crippen molar-refractivity contribution in [2.24, 2.45) is 0 Å². The Hall–Kier alpha value is -2.73. The minimum atomic E-state index is -0.506. The van der Waals surface area contributed by atoms with Crippen LogP contribution >= 0.6 is 11.6 Å².